The highest BCUT2D eigenvalue weighted by atomic mass is 15.1. The third-order valence-electron chi connectivity index (χ3n) is 3.75. The summed E-state index contributed by atoms with van der Waals surface area (Å²) in [6.07, 6.45) is 6.22. The van der Waals surface area contributed by atoms with E-state index in [-0.39, 0.29) is 5.54 Å². The third-order valence-corrected chi connectivity index (χ3v) is 3.75. The van der Waals surface area contributed by atoms with Gasteiger partial charge in [-0.2, -0.15) is 0 Å². The lowest BCUT2D eigenvalue weighted by Gasteiger charge is -2.36. The van der Waals surface area contributed by atoms with Crippen LogP contribution in [0.15, 0.2) is 24.5 Å². The van der Waals surface area contributed by atoms with E-state index in [9.17, 15) is 0 Å². The number of hydrogen-bond acceptors (Lipinski definition) is 3. The van der Waals surface area contributed by atoms with Crippen molar-refractivity contribution < 1.29 is 0 Å². The molecule has 0 aromatic carbocycles. The summed E-state index contributed by atoms with van der Waals surface area (Å²) in [5.41, 5.74) is 1.82. The van der Waals surface area contributed by atoms with Crippen LogP contribution in [-0.4, -0.2) is 35.6 Å². The van der Waals surface area contributed by atoms with Crippen molar-refractivity contribution in [2.45, 2.75) is 59.5 Å². The van der Waals surface area contributed by atoms with E-state index >= 15 is 0 Å². The Morgan fingerprint density at radius 1 is 1.14 bits per heavy atom. The molecule has 0 aliphatic carbocycles. The predicted octanol–water partition coefficient (Wildman–Crippen LogP) is 3.71. The quantitative estimate of drug-likeness (QED) is 0.791. The summed E-state index contributed by atoms with van der Waals surface area (Å²) in [5.74, 6) is 0. The second kappa shape index (κ2) is 7.90. The van der Waals surface area contributed by atoms with Crippen LogP contribution in [0.3, 0.4) is 0 Å². The van der Waals surface area contributed by atoms with Gasteiger partial charge < -0.3 is 10.2 Å². The SMILES string of the molecule is CCCC(C)(CNC(C)(C)C)CN(C)Cc1ccncc1. The van der Waals surface area contributed by atoms with E-state index in [1.807, 2.05) is 12.4 Å². The zero-order chi connectivity index (χ0) is 15.9. The normalized spacial score (nSPS) is 15.2. The summed E-state index contributed by atoms with van der Waals surface area (Å²) < 4.78 is 0. The number of aromatic nitrogens is 1. The Bertz CT molecular complexity index is 397. The molecule has 1 atom stereocenters. The molecule has 1 N–H and O–H groups in total. The smallest absolute Gasteiger partial charge is 0.0271 e. The summed E-state index contributed by atoms with van der Waals surface area (Å²) in [4.78, 5) is 6.51. The molecule has 0 aliphatic heterocycles. The van der Waals surface area contributed by atoms with Gasteiger partial charge in [0, 0.05) is 37.6 Å². The maximum Gasteiger partial charge on any atom is 0.0271 e. The van der Waals surface area contributed by atoms with Crippen molar-refractivity contribution >= 4 is 0 Å². The summed E-state index contributed by atoms with van der Waals surface area (Å²) in [5, 5.41) is 3.68. The molecule has 21 heavy (non-hydrogen) atoms. The van der Waals surface area contributed by atoms with Crippen molar-refractivity contribution in [2.24, 2.45) is 5.41 Å². The van der Waals surface area contributed by atoms with Gasteiger partial charge in [-0.05, 0) is 57.4 Å². The fourth-order valence-electron chi connectivity index (χ4n) is 2.81. The Kier molecular flexibility index (Phi) is 6.82. The average molecular weight is 291 g/mol. The molecule has 120 valence electrons. The number of nitrogens with one attached hydrogen (secondary N) is 1. The first-order valence-corrected chi connectivity index (χ1v) is 8.06. The van der Waals surface area contributed by atoms with Crippen LogP contribution in [-0.2, 0) is 6.54 Å². The van der Waals surface area contributed by atoms with Crippen LogP contribution in [0.1, 0.15) is 53.0 Å². The van der Waals surface area contributed by atoms with E-state index in [0.29, 0.717) is 5.41 Å². The van der Waals surface area contributed by atoms with Crippen LogP contribution in [0.4, 0.5) is 0 Å². The second-order valence-electron chi connectivity index (χ2n) is 7.69. The van der Waals surface area contributed by atoms with Gasteiger partial charge in [0.1, 0.15) is 0 Å². The molecule has 3 nitrogen and oxygen atoms in total. The Morgan fingerprint density at radius 2 is 1.76 bits per heavy atom. The molecule has 0 bridgehead atoms. The molecule has 0 fully saturated rings. The van der Waals surface area contributed by atoms with Crippen molar-refractivity contribution in [2.75, 3.05) is 20.1 Å². The molecule has 1 rings (SSSR count). The van der Waals surface area contributed by atoms with Crippen LogP contribution in [0.25, 0.3) is 0 Å². The highest BCUT2D eigenvalue weighted by Crippen LogP contribution is 2.25. The number of nitrogens with zero attached hydrogens (tertiary/aromatic N) is 2. The average Bonchev–Trinajstić information content (AvgIpc) is 2.37. The van der Waals surface area contributed by atoms with Crippen molar-refractivity contribution in [3.05, 3.63) is 30.1 Å². The first-order chi connectivity index (χ1) is 9.74. The molecular weight excluding hydrogens is 258 g/mol. The zero-order valence-corrected chi connectivity index (χ0v) is 14.7. The minimum atomic E-state index is 0.179. The van der Waals surface area contributed by atoms with Gasteiger partial charge in [0.2, 0.25) is 0 Å². The van der Waals surface area contributed by atoms with Crippen LogP contribution in [0.5, 0.6) is 0 Å². The lowest BCUT2D eigenvalue weighted by Crippen LogP contribution is -2.46. The lowest BCUT2D eigenvalue weighted by molar-refractivity contribution is 0.157. The molecule has 1 aromatic rings. The fraction of sp³-hybridized carbons (Fsp3) is 0.722. The van der Waals surface area contributed by atoms with Gasteiger partial charge in [0.05, 0.1) is 0 Å². The van der Waals surface area contributed by atoms with Gasteiger partial charge in [0.25, 0.3) is 0 Å². The Labute approximate surface area is 131 Å². The van der Waals surface area contributed by atoms with Gasteiger partial charge in [-0.25, -0.2) is 0 Å². The van der Waals surface area contributed by atoms with Crippen LogP contribution < -0.4 is 5.32 Å². The molecular formula is C18H33N3. The maximum atomic E-state index is 4.08. The van der Waals surface area contributed by atoms with Crippen LogP contribution >= 0.6 is 0 Å². The summed E-state index contributed by atoms with van der Waals surface area (Å²) >= 11 is 0. The number of hydrogen-bond donors (Lipinski definition) is 1. The van der Waals surface area contributed by atoms with Crippen molar-refractivity contribution in [1.29, 1.82) is 0 Å². The topological polar surface area (TPSA) is 28.2 Å². The molecule has 1 aromatic heterocycles. The molecule has 3 heteroatoms. The summed E-state index contributed by atoms with van der Waals surface area (Å²) in [7, 11) is 2.21. The second-order valence-corrected chi connectivity index (χ2v) is 7.69. The van der Waals surface area contributed by atoms with Gasteiger partial charge in [0.15, 0.2) is 0 Å². The largest absolute Gasteiger partial charge is 0.311 e. The zero-order valence-electron chi connectivity index (χ0n) is 14.7. The highest BCUT2D eigenvalue weighted by Gasteiger charge is 2.26. The fourth-order valence-corrected chi connectivity index (χ4v) is 2.81. The lowest BCUT2D eigenvalue weighted by atomic mass is 9.84. The summed E-state index contributed by atoms with van der Waals surface area (Å²) in [6.45, 7) is 14.5. The highest BCUT2D eigenvalue weighted by molar-refractivity contribution is 5.09. The van der Waals surface area contributed by atoms with Crippen molar-refractivity contribution in [3.63, 3.8) is 0 Å². The number of rotatable bonds is 8. The van der Waals surface area contributed by atoms with Gasteiger partial charge >= 0.3 is 0 Å². The molecule has 0 aliphatic rings. The van der Waals surface area contributed by atoms with Crippen molar-refractivity contribution in [3.8, 4) is 0 Å². The molecule has 1 heterocycles. The standard InChI is InChI=1S/C18H33N3/c1-7-10-18(5,14-20-17(2,3)4)15-21(6)13-16-8-11-19-12-9-16/h8-9,11-12,20H,7,10,13-15H2,1-6H3. The van der Waals surface area contributed by atoms with Gasteiger partial charge in [-0.1, -0.05) is 20.3 Å². The molecule has 0 spiro atoms. The molecule has 0 radical (unpaired) electrons. The van der Waals surface area contributed by atoms with E-state index in [0.717, 1.165) is 19.6 Å². The Balaban J connectivity index is 2.59. The maximum absolute atomic E-state index is 4.08. The molecule has 0 saturated heterocycles. The van der Waals surface area contributed by atoms with Gasteiger partial charge in [-0.3, -0.25) is 4.98 Å². The van der Waals surface area contributed by atoms with E-state index < -0.39 is 0 Å². The molecule has 0 amide bonds. The number of pyridine rings is 1. The van der Waals surface area contributed by atoms with Crippen LogP contribution in [0.2, 0.25) is 0 Å². The Morgan fingerprint density at radius 3 is 2.29 bits per heavy atom. The van der Waals surface area contributed by atoms with E-state index in [4.69, 9.17) is 0 Å². The molecule has 1 unspecified atom stereocenters. The van der Waals surface area contributed by atoms with E-state index in [1.165, 1.54) is 18.4 Å². The predicted molar refractivity (Wildman–Crippen MR) is 91.3 cm³/mol. The van der Waals surface area contributed by atoms with E-state index in [1.54, 1.807) is 0 Å². The summed E-state index contributed by atoms with van der Waals surface area (Å²) in [6, 6.07) is 4.20. The monoisotopic (exact) mass is 291 g/mol. The molecule has 0 saturated carbocycles. The van der Waals surface area contributed by atoms with Crippen LogP contribution in [0, 0.1) is 5.41 Å². The minimum Gasteiger partial charge on any atom is -0.311 e. The van der Waals surface area contributed by atoms with Gasteiger partial charge in [-0.15, -0.1) is 0 Å². The first-order valence-electron chi connectivity index (χ1n) is 8.06. The minimum absolute atomic E-state index is 0.179. The Hall–Kier alpha value is -0.930. The third kappa shape index (κ3) is 7.58. The van der Waals surface area contributed by atoms with E-state index in [2.05, 4.69) is 69.0 Å². The van der Waals surface area contributed by atoms with Crippen molar-refractivity contribution in [1.82, 2.24) is 15.2 Å². The first kappa shape index (κ1) is 18.1.